The van der Waals surface area contributed by atoms with Gasteiger partial charge in [-0.25, -0.2) is 4.79 Å². The largest absolute Gasteiger partial charge is 0.454 e. The van der Waals surface area contributed by atoms with Crippen molar-refractivity contribution in [1.82, 2.24) is 14.8 Å². The molecule has 1 aromatic heterocycles. The molecule has 0 saturated carbocycles. The molecule has 8 nitrogen and oxygen atoms in total. The molecule has 3 amide bonds. The summed E-state index contributed by atoms with van der Waals surface area (Å²) >= 11 is 0. The highest BCUT2D eigenvalue weighted by Crippen LogP contribution is 2.38. The van der Waals surface area contributed by atoms with E-state index in [9.17, 15) is 14.4 Å². The van der Waals surface area contributed by atoms with E-state index in [0.29, 0.717) is 22.6 Å². The van der Waals surface area contributed by atoms with E-state index < -0.39 is 17.5 Å². The van der Waals surface area contributed by atoms with Crippen molar-refractivity contribution < 1.29 is 23.9 Å². The van der Waals surface area contributed by atoms with Crippen molar-refractivity contribution in [2.24, 2.45) is 0 Å². The molecule has 3 aromatic rings. The highest BCUT2D eigenvalue weighted by Gasteiger charge is 2.50. The first kappa shape index (κ1) is 22.7. The van der Waals surface area contributed by atoms with Gasteiger partial charge in [-0.15, -0.1) is 0 Å². The molecule has 180 valence electrons. The number of urea groups is 1. The fraction of sp³-hybridized carbons (Fsp3) is 0.296. The third kappa shape index (κ3) is 3.65. The van der Waals surface area contributed by atoms with Crippen LogP contribution in [-0.2, 0) is 10.3 Å². The van der Waals surface area contributed by atoms with E-state index in [2.05, 4.69) is 28.9 Å². The van der Waals surface area contributed by atoms with Gasteiger partial charge in [-0.2, -0.15) is 0 Å². The summed E-state index contributed by atoms with van der Waals surface area (Å²) in [4.78, 5) is 40.5. The molecule has 2 aromatic carbocycles. The summed E-state index contributed by atoms with van der Waals surface area (Å²) in [5.41, 5.74) is 2.62. The summed E-state index contributed by atoms with van der Waals surface area (Å²) in [6.45, 7) is 7.32. The molecule has 2 aliphatic heterocycles. The highest BCUT2D eigenvalue weighted by atomic mass is 16.7. The van der Waals surface area contributed by atoms with E-state index in [-0.39, 0.29) is 25.2 Å². The first-order valence-corrected chi connectivity index (χ1v) is 11.5. The van der Waals surface area contributed by atoms with Gasteiger partial charge >= 0.3 is 6.03 Å². The van der Waals surface area contributed by atoms with E-state index in [1.807, 2.05) is 38.1 Å². The number of amides is 3. The van der Waals surface area contributed by atoms with Gasteiger partial charge in [0.05, 0.1) is 12.6 Å². The van der Waals surface area contributed by atoms with Gasteiger partial charge in [-0.1, -0.05) is 36.4 Å². The van der Waals surface area contributed by atoms with Crippen LogP contribution in [0.4, 0.5) is 4.79 Å². The lowest BCUT2D eigenvalue weighted by Gasteiger charge is -2.22. The van der Waals surface area contributed by atoms with Crippen LogP contribution >= 0.6 is 0 Å². The lowest BCUT2D eigenvalue weighted by Crippen LogP contribution is -2.41. The average Bonchev–Trinajstić information content (AvgIpc) is 3.50. The Kier molecular flexibility index (Phi) is 5.39. The molecule has 2 atom stereocenters. The Morgan fingerprint density at radius 3 is 2.51 bits per heavy atom. The minimum atomic E-state index is -1.31. The van der Waals surface area contributed by atoms with Crippen LogP contribution in [0.2, 0.25) is 0 Å². The van der Waals surface area contributed by atoms with Crippen LogP contribution in [0.5, 0.6) is 11.5 Å². The number of fused-ring (bicyclic) bond motifs is 1. The molecule has 5 rings (SSSR count). The van der Waals surface area contributed by atoms with Gasteiger partial charge in [0, 0.05) is 17.0 Å². The predicted octanol–water partition coefficient (Wildman–Crippen LogP) is 4.09. The van der Waals surface area contributed by atoms with Gasteiger partial charge in [0.15, 0.2) is 17.3 Å². The standard InChI is InChI=1S/C27H27N3O5/c1-16-12-21(18(3)30(16)17(2)19-8-6-5-7-9-19)22(31)14-29-25(32)27(4,28-26(29)33)20-10-11-23-24(13-20)35-15-34-23/h5-13,17H,14-15H2,1-4H3,(H,28,33)/t17-,27+/m0/s1. The SMILES string of the molecule is Cc1cc(C(=O)CN2C(=O)N[C@](C)(c3ccc4c(c3)OCO4)C2=O)c(C)n1[C@@H](C)c1ccccc1. The Labute approximate surface area is 203 Å². The maximum Gasteiger partial charge on any atom is 0.325 e. The van der Waals surface area contributed by atoms with Crippen molar-refractivity contribution in [2.75, 3.05) is 13.3 Å². The van der Waals surface area contributed by atoms with Gasteiger partial charge in [0.25, 0.3) is 5.91 Å². The van der Waals surface area contributed by atoms with Crippen molar-refractivity contribution in [2.45, 2.75) is 39.3 Å². The van der Waals surface area contributed by atoms with Crippen molar-refractivity contribution in [3.8, 4) is 11.5 Å². The van der Waals surface area contributed by atoms with Crippen LogP contribution in [0.1, 0.15) is 52.8 Å². The molecule has 1 N–H and O–H groups in total. The molecule has 0 aliphatic carbocycles. The van der Waals surface area contributed by atoms with Crippen LogP contribution in [0.3, 0.4) is 0 Å². The number of benzene rings is 2. The monoisotopic (exact) mass is 473 g/mol. The van der Waals surface area contributed by atoms with Crippen LogP contribution in [0.15, 0.2) is 54.6 Å². The lowest BCUT2D eigenvalue weighted by atomic mass is 9.91. The summed E-state index contributed by atoms with van der Waals surface area (Å²) < 4.78 is 12.9. The normalized spacial score (nSPS) is 19.7. The maximum atomic E-state index is 13.4. The molecule has 0 radical (unpaired) electrons. The number of imide groups is 1. The van der Waals surface area contributed by atoms with E-state index >= 15 is 0 Å². The second-order valence-corrected chi connectivity index (χ2v) is 9.18. The third-order valence-corrected chi connectivity index (χ3v) is 6.98. The fourth-order valence-electron chi connectivity index (χ4n) is 5.01. The number of nitrogens with one attached hydrogen (secondary N) is 1. The third-order valence-electron chi connectivity index (χ3n) is 6.98. The topological polar surface area (TPSA) is 89.9 Å². The Balaban J connectivity index is 1.39. The van der Waals surface area contributed by atoms with Crippen LogP contribution in [0, 0.1) is 13.8 Å². The number of hydrogen-bond donors (Lipinski definition) is 1. The number of ketones is 1. The minimum Gasteiger partial charge on any atom is -0.454 e. The predicted molar refractivity (Wildman–Crippen MR) is 129 cm³/mol. The number of rotatable bonds is 6. The quantitative estimate of drug-likeness (QED) is 0.430. The molecular weight excluding hydrogens is 446 g/mol. The number of nitrogens with zero attached hydrogens (tertiary/aromatic N) is 2. The van der Waals surface area contributed by atoms with Gasteiger partial charge in [0.2, 0.25) is 6.79 Å². The molecule has 0 unspecified atom stereocenters. The highest BCUT2D eigenvalue weighted by molar-refractivity contribution is 6.11. The fourth-order valence-corrected chi connectivity index (χ4v) is 5.01. The number of carbonyl (C=O) groups is 3. The molecule has 1 fully saturated rings. The zero-order valence-corrected chi connectivity index (χ0v) is 20.1. The van der Waals surface area contributed by atoms with Gasteiger partial charge < -0.3 is 19.4 Å². The van der Waals surface area contributed by atoms with E-state index in [1.54, 1.807) is 25.1 Å². The number of aromatic nitrogens is 1. The smallest absolute Gasteiger partial charge is 0.325 e. The molecule has 2 aliphatic rings. The molecule has 0 spiro atoms. The number of ether oxygens (including phenoxy) is 2. The molecule has 8 heteroatoms. The van der Waals surface area contributed by atoms with Crippen LogP contribution in [-0.4, -0.2) is 40.5 Å². The van der Waals surface area contributed by atoms with Crippen molar-refractivity contribution in [3.63, 3.8) is 0 Å². The van der Waals surface area contributed by atoms with Crippen LogP contribution < -0.4 is 14.8 Å². The van der Waals surface area contributed by atoms with Crippen molar-refractivity contribution in [3.05, 3.63) is 82.7 Å². The molecule has 35 heavy (non-hydrogen) atoms. The zero-order valence-electron chi connectivity index (χ0n) is 20.1. The lowest BCUT2D eigenvalue weighted by molar-refractivity contribution is -0.130. The number of aryl methyl sites for hydroxylation is 1. The summed E-state index contributed by atoms with van der Waals surface area (Å²) in [6.07, 6.45) is 0. The van der Waals surface area contributed by atoms with Gasteiger partial charge in [-0.3, -0.25) is 14.5 Å². The first-order chi connectivity index (χ1) is 16.7. The summed E-state index contributed by atoms with van der Waals surface area (Å²) in [5, 5.41) is 2.75. The average molecular weight is 474 g/mol. The van der Waals surface area contributed by atoms with Gasteiger partial charge in [-0.05, 0) is 57.0 Å². The van der Waals surface area contributed by atoms with Gasteiger partial charge in [0.1, 0.15) is 5.54 Å². The van der Waals surface area contributed by atoms with E-state index in [0.717, 1.165) is 21.9 Å². The summed E-state index contributed by atoms with van der Waals surface area (Å²) in [7, 11) is 0. The molecular formula is C27H27N3O5. The minimum absolute atomic E-state index is 0.0313. The second kappa shape index (κ2) is 8.30. The Bertz CT molecular complexity index is 1350. The summed E-state index contributed by atoms with van der Waals surface area (Å²) in [5.74, 6) is 0.325. The number of carbonyl (C=O) groups excluding carboxylic acids is 3. The first-order valence-electron chi connectivity index (χ1n) is 11.5. The van der Waals surface area contributed by atoms with E-state index in [4.69, 9.17) is 9.47 Å². The number of hydrogen-bond acceptors (Lipinski definition) is 5. The van der Waals surface area contributed by atoms with Crippen LogP contribution in [0.25, 0.3) is 0 Å². The zero-order chi connectivity index (χ0) is 24.9. The Morgan fingerprint density at radius 1 is 1.06 bits per heavy atom. The number of Topliss-reactive ketones (excluding diaryl/α,β-unsaturated/α-hetero) is 1. The second-order valence-electron chi connectivity index (χ2n) is 9.18. The molecule has 1 saturated heterocycles. The van der Waals surface area contributed by atoms with E-state index in [1.165, 1.54) is 0 Å². The van der Waals surface area contributed by atoms with Crippen molar-refractivity contribution in [1.29, 1.82) is 0 Å². The summed E-state index contributed by atoms with van der Waals surface area (Å²) in [6, 6.07) is 16.4. The Morgan fingerprint density at radius 2 is 1.77 bits per heavy atom. The molecule has 0 bridgehead atoms. The molecule has 3 heterocycles. The Hall–Kier alpha value is -4.07. The van der Waals surface area contributed by atoms with Crippen molar-refractivity contribution >= 4 is 17.7 Å². The maximum absolute atomic E-state index is 13.4.